The van der Waals surface area contributed by atoms with Crippen LogP contribution in [0.25, 0.3) is 0 Å². The maximum Gasteiger partial charge on any atom is 0.336 e. The lowest BCUT2D eigenvalue weighted by Crippen LogP contribution is -2.38. The van der Waals surface area contributed by atoms with E-state index in [4.69, 9.17) is 5.11 Å². The van der Waals surface area contributed by atoms with E-state index in [0.29, 0.717) is 24.2 Å². The molecule has 1 heterocycles. The van der Waals surface area contributed by atoms with E-state index in [-0.39, 0.29) is 11.3 Å². The Hall–Kier alpha value is -1.56. The molecule has 18 heavy (non-hydrogen) atoms. The van der Waals surface area contributed by atoms with Crippen molar-refractivity contribution in [2.24, 2.45) is 0 Å². The van der Waals surface area contributed by atoms with Gasteiger partial charge in [0.25, 0.3) is 0 Å². The summed E-state index contributed by atoms with van der Waals surface area (Å²) in [5.41, 5.74) is 1.12. The highest BCUT2D eigenvalue weighted by atomic mass is 32.2. The van der Waals surface area contributed by atoms with Crippen LogP contribution in [-0.2, 0) is 10.0 Å². The van der Waals surface area contributed by atoms with Crippen LogP contribution in [0.4, 0.5) is 5.69 Å². The number of benzene rings is 1. The largest absolute Gasteiger partial charge is 0.478 e. The quantitative estimate of drug-likeness (QED) is 0.885. The maximum atomic E-state index is 12.0. The molecule has 1 N–H and O–H groups in total. The van der Waals surface area contributed by atoms with Gasteiger partial charge in [-0.05, 0) is 37.5 Å². The average Bonchev–Trinajstić information content (AvgIpc) is 2.29. The van der Waals surface area contributed by atoms with Crippen LogP contribution in [0.1, 0.15) is 28.8 Å². The second-order valence-corrected chi connectivity index (χ2v) is 6.36. The van der Waals surface area contributed by atoms with Gasteiger partial charge in [0.1, 0.15) is 0 Å². The average molecular weight is 269 g/mol. The first-order valence-electron chi connectivity index (χ1n) is 5.77. The fourth-order valence-electron chi connectivity index (χ4n) is 2.18. The van der Waals surface area contributed by atoms with Gasteiger partial charge >= 0.3 is 5.97 Å². The first-order valence-corrected chi connectivity index (χ1v) is 7.38. The Kier molecular flexibility index (Phi) is 3.30. The smallest absolute Gasteiger partial charge is 0.336 e. The summed E-state index contributed by atoms with van der Waals surface area (Å²) in [6.45, 7) is 2.06. The Morgan fingerprint density at radius 1 is 1.33 bits per heavy atom. The molecule has 0 aromatic heterocycles. The van der Waals surface area contributed by atoms with Gasteiger partial charge in [0.2, 0.25) is 10.0 Å². The maximum absolute atomic E-state index is 12.0. The van der Waals surface area contributed by atoms with Crippen molar-refractivity contribution in [3.8, 4) is 0 Å². The van der Waals surface area contributed by atoms with Crippen LogP contribution in [0.5, 0.6) is 0 Å². The summed E-state index contributed by atoms with van der Waals surface area (Å²) in [5.74, 6) is -0.909. The van der Waals surface area contributed by atoms with Crippen molar-refractivity contribution in [1.29, 1.82) is 0 Å². The van der Waals surface area contributed by atoms with E-state index in [9.17, 15) is 13.2 Å². The molecule has 1 aromatic rings. The number of sulfonamides is 1. The zero-order chi connectivity index (χ0) is 13.3. The molecule has 0 radical (unpaired) electrons. The Morgan fingerprint density at radius 2 is 2.06 bits per heavy atom. The van der Waals surface area contributed by atoms with Crippen LogP contribution in [0, 0.1) is 6.92 Å². The molecule has 1 aliphatic rings. The first kappa shape index (κ1) is 12.9. The molecule has 98 valence electrons. The third-order valence-corrected chi connectivity index (χ3v) is 5.01. The van der Waals surface area contributed by atoms with Crippen molar-refractivity contribution in [2.45, 2.75) is 19.8 Å². The highest BCUT2D eigenvalue weighted by molar-refractivity contribution is 7.92. The van der Waals surface area contributed by atoms with E-state index in [1.165, 1.54) is 10.4 Å². The summed E-state index contributed by atoms with van der Waals surface area (Å²) in [5, 5.41) is 9.05. The summed E-state index contributed by atoms with van der Waals surface area (Å²) < 4.78 is 25.3. The Morgan fingerprint density at radius 3 is 2.67 bits per heavy atom. The molecule has 2 rings (SSSR count). The second kappa shape index (κ2) is 4.61. The zero-order valence-corrected chi connectivity index (χ0v) is 10.9. The van der Waals surface area contributed by atoms with Crippen molar-refractivity contribution in [3.63, 3.8) is 0 Å². The number of nitrogens with zero attached hydrogens (tertiary/aromatic N) is 1. The summed E-state index contributed by atoms with van der Waals surface area (Å²) in [6, 6.07) is 4.72. The van der Waals surface area contributed by atoms with Gasteiger partial charge < -0.3 is 5.11 Å². The molecule has 5 nitrogen and oxygen atoms in total. The molecule has 1 saturated heterocycles. The number of anilines is 1. The zero-order valence-electron chi connectivity index (χ0n) is 10.1. The number of carboxylic acid groups (broad SMARTS) is 1. The number of carbonyl (C=O) groups is 1. The van der Waals surface area contributed by atoms with E-state index >= 15 is 0 Å². The number of hydrogen-bond acceptors (Lipinski definition) is 3. The third-order valence-electron chi connectivity index (χ3n) is 3.15. The molecule has 1 aliphatic heterocycles. The van der Waals surface area contributed by atoms with Crippen molar-refractivity contribution in [3.05, 3.63) is 29.3 Å². The molecule has 6 heteroatoms. The number of rotatable bonds is 2. The van der Waals surface area contributed by atoms with Crippen LogP contribution >= 0.6 is 0 Å². The molecular weight excluding hydrogens is 254 g/mol. The van der Waals surface area contributed by atoms with Gasteiger partial charge in [-0.2, -0.15) is 0 Å². The minimum absolute atomic E-state index is 0.129. The SMILES string of the molecule is Cc1c(C(=O)O)cccc1N1CCCCS1(=O)=O. The van der Waals surface area contributed by atoms with E-state index in [1.807, 2.05) is 0 Å². The monoisotopic (exact) mass is 269 g/mol. The van der Waals surface area contributed by atoms with E-state index < -0.39 is 16.0 Å². The van der Waals surface area contributed by atoms with Gasteiger partial charge in [-0.25, -0.2) is 13.2 Å². The van der Waals surface area contributed by atoms with Gasteiger partial charge in [0, 0.05) is 6.54 Å². The number of hydrogen-bond donors (Lipinski definition) is 1. The molecule has 1 aromatic carbocycles. The van der Waals surface area contributed by atoms with Gasteiger partial charge in [0.15, 0.2) is 0 Å². The summed E-state index contributed by atoms with van der Waals surface area (Å²) in [4.78, 5) is 11.1. The minimum Gasteiger partial charge on any atom is -0.478 e. The van der Waals surface area contributed by atoms with Crippen molar-refractivity contribution in [1.82, 2.24) is 0 Å². The third kappa shape index (κ3) is 2.20. The Balaban J connectivity index is 2.51. The molecule has 0 bridgehead atoms. The van der Waals surface area contributed by atoms with Crippen LogP contribution < -0.4 is 4.31 Å². The molecule has 0 spiro atoms. The molecule has 1 fully saturated rings. The van der Waals surface area contributed by atoms with Crippen LogP contribution in [0.3, 0.4) is 0 Å². The van der Waals surface area contributed by atoms with Gasteiger partial charge in [0.05, 0.1) is 17.0 Å². The molecule has 0 unspecified atom stereocenters. The molecule has 0 saturated carbocycles. The van der Waals surface area contributed by atoms with E-state index in [1.54, 1.807) is 19.1 Å². The molecular formula is C12H15NO4S. The molecule has 0 amide bonds. The topological polar surface area (TPSA) is 74.7 Å². The predicted octanol–water partition coefficient (Wildman–Crippen LogP) is 1.62. The highest BCUT2D eigenvalue weighted by Gasteiger charge is 2.28. The summed E-state index contributed by atoms with van der Waals surface area (Å²) >= 11 is 0. The van der Waals surface area contributed by atoms with Crippen LogP contribution in [0.2, 0.25) is 0 Å². The van der Waals surface area contributed by atoms with Crippen LogP contribution in [0.15, 0.2) is 18.2 Å². The summed E-state index contributed by atoms with van der Waals surface area (Å²) in [6.07, 6.45) is 1.46. The van der Waals surface area contributed by atoms with Crippen LogP contribution in [-0.4, -0.2) is 31.8 Å². The first-order chi connectivity index (χ1) is 8.43. The van der Waals surface area contributed by atoms with Gasteiger partial charge in [-0.1, -0.05) is 6.07 Å². The van der Waals surface area contributed by atoms with Gasteiger partial charge in [-0.15, -0.1) is 0 Å². The molecule has 0 aliphatic carbocycles. The lowest BCUT2D eigenvalue weighted by molar-refractivity contribution is 0.0696. The minimum atomic E-state index is -3.30. The second-order valence-electron chi connectivity index (χ2n) is 4.35. The van der Waals surface area contributed by atoms with Gasteiger partial charge in [-0.3, -0.25) is 4.31 Å². The van der Waals surface area contributed by atoms with Crippen molar-refractivity contribution >= 4 is 21.7 Å². The van der Waals surface area contributed by atoms with Crippen molar-refractivity contribution < 1.29 is 18.3 Å². The predicted molar refractivity (Wildman–Crippen MR) is 68.5 cm³/mol. The normalized spacial score (nSPS) is 18.6. The summed E-state index contributed by atoms with van der Waals surface area (Å²) in [7, 11) is -3.30. The fourth-order valence-corrected chi connectivity index (χ4v) is 3.88. The molecule has 0 atom stereocenters. The Labute approximate surface area is 106 Å². The standard InChI is InChI=1S/C12H15NO4S/c1-9-10(12(14)15)5-4-6-11(9)13-7-2-3-8-18(13,16)17/h4-6H,2-3,7-8H2,1H3,(H,14,15). The fraction of sp³-hybridized carbons (Fsp3) is 0.417. The van der Waals surface area contributed by atoms with E-state index in [2.05, 4.69) is 0 Å². The lowest BCUT2D eigenvalue weighted by Gasteiger charge is -2.29. The number of carboxylic acids is 1. The highest BCUT2D eigenvalue weighted by Crippen LogP contribution is 2.28. The number of aromatic carboxylic acids is 1. The van der Waals surface area contributed by atoms with E-state index in [0.717, 1.165) is 6.42 Å². The van der Waals surface area contributed by atoms with Crippen molar-refractivity contribution in [2.75, 3.05) is 16.6 Å². The Bertz CT molecular complexity index is 580. The lowest BCUT2D eigenvalue weighted by atomic mass is 10.1.